The van der Waals surface area contributed by atoms with E-state index in [9.17, 15) is 8.78 Å². The molecular formula is C14H14F2N2O. The van der Waals surface area contributed by atoms with Gasteiger partial charge in [0, 0.05) is 24.7 Å². The monoisotopic (exact) mass is 264 g/mol. The zero-order valence-corrected chi connectivity index (χ0v) is 10.5. The van der Waals surface area contributed by atoms with Crippen LogP contribution in [0.2, 0.25) is 0 Å². The molecule has 0 aliphatic carbocycles. The normalized spacial score (nSPS) is 10.5. The third-order valence-electron chi connectivity index (χ3n) is 2.62. The second-order valence-corrected chi connectivity index (χ2v) is 4.01. The average molecular weight is 264 g/mol. The summed E-state index contributed by atoms with van der Waals surface area (Å²) in [4.78, 5) is 4.21. The molecular weight excluding hydrogens is 250 g/mol. The molecule has 0 fully saturated rings. The van der Waals surface area contributed by atoms with Crippen LogP contribution in [-0.4, -0.2) is 12.1 Å². The van der Waals surface area contributed by atoms with Gasteiger partial charge in [0.2, 0.25) is 5.88 Å². The summed E-state index contributed by atoms with van der Waals surface area (Å²) in [5.74, 6) is -0.346. The topological polar surface area (TPSA) is 34.1 Å². The summed E-state index contributed by atoms with van der Waals surface area (Å²) < 4.78 is 31.4. The van der Waals surface area contributed by atoms with Crippen LogP contribution >= 0.6 is 0 Å². The van der Waals surface area contributed by atoms with E-state index in [-0.39, 0.29) is 6.54 Å². The average Bonchev–Trinajstić information content (AvgIpc) is 2.43. The molecule has 100 valence electrons. The van der Waals surface area contributed by atoms with E-state index in [2.05, 4.69) is 10.3 Å². The summed E-state index contributed by atoms with van der Waals surface area (Å²) in [5.41, 5.74) is 1.07. The lowest BCUT2D eigenvalue weighted by molar-refractivity contribution is 0.395. The van der Waals surface area contributed by atoms with Crippen LogP contribution in [-0.2, 0) is 13.1 Å². The Hall–Kier alpha value is -2.01. The first kappa shape index (κ1) is 13.4. The van der Waals surface area contributed by atoms with Crippen LogP contribution in [0.4, 0.5) is 8.78 Å². The Labute approximate surface area is 110 Å². The van der Waals surface area contributed by atoms with E-state index in [4.69, 9.17) is 4.74 Å². The number of methoxy groups -OCH3 is 1. The predicted molar refractivity (Wildman–Crippen MR) is 67.7 cm³/mol. The molecule has 0 saturated carbocycles. The molecule has 0 aliphatic rings. The SMILES string of the molecule is COc1cccc(CNCc2cc(F)ccc2F)n1. The number of hydrogen-bond acceptors (Lipinski definition) is 3. The largest absolute Gasteiger partial charge is 0.481 e. The van der Waals surface area contributed by atoms with E-state index in [0.29, 0.717) is 18.0 Å². The molecule has 0 spiro atoms. The van der Waals surface area contributed by atoms with Gasteiger partial charge in [-0.3, -0.25) is 0 Å². The fourth-order valence-electron chi connectivity index (χ4n) is 1.67. The van der Waals surface area contributed by atoms with Crippen molar-refractivity contribution in [2.45, 2.75) is 13.1 Å². The Morgan fingerprint density at radius 1 is 1.16 bits per heavy atom. The maximum atomic E-state index is 13.4. The molecule has 1 N–H and O–H groups in total. The van der Waals surface area contributed by atoms with E-state index in [1.807, 2.05) is 12.1 Å². The van der Waals surface area contributed by atoms with E-state index < -0.39 is 11.6 Å². The second-order valence-electron chi connectivity index (χ2n) is 4.01. The van der Waals surface area contributed by atoms with Crippen molar-refractivity contribution in [3.05, 3.63) is 59.3 Å². The number of halogens is 2. The predicted octanol–water partition coefficient (Wildman–Crippen LogP) is 2.66. The van der Waals surface area contributed by atoms with Gasteiger partial charge in [0.05, 0.1) is 12.8 Å². The van der Waals surface area contributed by atoms with Gasteiger partial charge < -0.3 is 10.1 Å². The quantitative estimate of drug-likeness (QED) is 0.901. The van der Waals surface area contributed by atoms with Crippen molar-refractivity contribution in [3.8, 4) is 5.88 Å². The highest BCUT2D eigenvalue weighted by atomic mass is 19.1. The molecule has 2 aromatic rings. The number of ether oxygens (including phenoxy) is 1. The van der Waals surface area contributed by atoms with Gasteiger partial charge >= 0.3 is 0 Å². The molecule has 0 unspecified atom stereocenters. The molecule has 1 aromatic heterocycles. The van der Waals surface area contributed by atoms with Crippen LogP contribution in [0, 0.1) is 11.6 Å². The highest BCUT2D eigenvalue weighted by Crippen LogP contribution is 2.10. The lowest BCUT2D eigenvalue weighted by Gasteiger charge is -2.07. The Morgan fingerprint density at radius 2 is 2.00 bits per heavy atom. The number of nitrogens with one attached hydrogen (secondary N) is 1. The maximum absolute atomic E-state index is 13.4. The highest BCUT2D eigenvalue weighted by Gasteiger charge is 2.04. The summed E-state index contributed by atoms with van der Waals surface area (Å²) in [5, 5.41) is 3.01. The molecule has 0 bridgehead atoms. The van der Waals surface area contributed by atoms with Crippen molar-refractivity contribution in [2.75, 3.05) is 7.11 Å². The molecule has 19 heavy (non-hydrogen) atoms. The molecule has 0 atom stereocenters. The van der Waals surface area contributed by atoms with Crippen molar-refractivity contribution in [1.82, 2.24) is 10.3 Å². The Bertz CT molecular complexity index is 561. The Balaban J connectivity index is 1.94. The van der Waals surface area contributed by atoms with Gasteiger partial charge in [0.1, 0.15) is 11.6 Å². The van der Waals surface area contributed by atoms with Gasteiger partial charge in [-0.05, 0) is 24.3 Å². The van der Waals surface area contributed by atoms with Crippen molar-refractivity contribution >= 4 is 0 Å². The van der Waals surface area contributed by atoms with E-state index >= 15 is 0 Å². The third kappa shape index (κ3) is 3.72. The lowest BCUT2D eigenvalue weighted by atomic mass is 10.2. The minimum Gasteiger partial charge on any atom is -0.481 e. The first-order chi connectivity index (χ1) is 9.19. The van der Waals surface area contributed by atoms with Crippen LogP contribution < -0.4 is 10.1 Å². The lowest BCUT2D eigenvalue weighted by Crippen LogP contribution is -2.15. The Morgan fingerprint density at radius 3 is 2.79 bits per heavy atom. The molecule has 0 saturated heterocycles. The number of nitrogens with zero attached hydrogens (tertiary/aromatic N) is 1. The second kappa shape index (κ2) is 6.24. The minimum atomic E-state index is -0.447. The van der Waals surface area contributed by atoms with Crippen LogP contribution in [0.1, 0.15) is 11.3 Å². The van der Waals surface area contributed by atoms with Gasteiger partial charge in [0.25, 0.3) is 0 Å². The van der Waals surface area contributed by atoms with E-state index in [1.165, 1.54) is 6.07 Å². The third-order valence-corrected chi connectivity index (χ3v) is 2.62. The van der Waals surface area contributed by atoms with Gasteiger partial charge in [-0.1, -0.05) is 6.07 Å². The number of benzene rings is 1. The molecule has 0 amide bonds. The number of pyridine rings is 1. The van der Waals surface area contributed by atoms with Crippen LogP contribution in [0.15, 0.2) is 36.4 Å². The van der Waals surface area contributed by atoms with E-state index in [1.54, 1.807) is 13.2 Å². The van der Waals surface area contributed by atoms with Crippen molar-refractivity contribution in [3.63, 3.8) is 0 Å². The molecule has 0 aliphatic heterocycles. The van der Waals surface area contributed by atoms with Crippen molar-refractivity contribution < 1.29 is 13.5 Å². The summed E-state index contributed by atoms with van der Waals surface area (Å²) in [7, 11) is 1.54. The molecule has 2 rings (SSSR count). The number of rotatable bonds is 5. The van der Waals surface area contributed by atoms with Crippen LogP contribution in [0.25, 0.3) is 0 Å². The smallest absolute Gasteiger partial charge is 0.213 e. The Kier molecular flexibility index (Phi) is 4.41. The highest BCUT2D eigenvalue weighted by molar-refractivity contribution is 5.19. The fourth-order valence-corrected chi connectivity index (χ4v) is 1.67. The van der Waals surface area contributed by atoms with Gasteiger partial charge in [-0.15, -0.1) is 0 Å². The van der Waals surface area contributed by atoms with Crippen molar-refractivity contribution in [1.29, 1.82) is 0 Å². The van der Waals surface area contributed by atoms with Crippen molar-refractivity contribution in [2.24, 2.45) is 0 Å². The maximum Gasteiger partial charge on any atom is 0.213 e. The molecule has 1 aromatic carbocycles. The summed E-state index contributed by atoms with van der Waals surface area (Å²) in [6, 6.07) is 8.80. The number of aromatic nitrogens is 1. The first-order valence-corrected chi connectivity index (χ1v) is 5.83. The molecule has 0 radical (unpaired) electrons. The number of hydrogen-bond donors (Lipinski definition) is 1. The van der Waals surface area contributed by atoms with Crippen LogP contribution in [0.3, 0.4) is 0 Å². The summed E-state index contributed by atoms with van der Waals surface area (Å²) in [6.45, 7) is 0.690. The molecule has 1 heterocycles. The molecule has 3 nitrogen and oxygen atoms in total. The zero-order valence-electron chi connectivity index (χ0n) is 10.5. The van der Waals surface area contributed by atoms with Gasteiger partial charge in [-0.25, -0.2) is 13.8 Å². The van der Waals surface area contributed by atoms with Crippen LogP contribution in [0.5, 0.6) is 5.88 Å². The summed E-state index contributed by atoms with van der Waals surface area (Å²) in [6.07, 6.45) is 0. The standard InChI is InChI=1S/C14H14F2N2O/c1-19-14-4-2-3-12(18-14)9-17-8-10-7-11(15)5-6-13(10)16/h2-7,17H,8-9H2,1H3. The summed E-state index contributed by atoms with van der Waals surface area (Å²) >= 11 is 0. The molecule has 5 heteroatoms. The van der Waals surface area contributed by atoms with E-state index in [0.717, 1.165) is 17.8 Å². The minimum absolute atomic E-state index is 0.239. The zero-order chi connectivity index (χ0) is 13.7. The fraction of sp³-hybridized carbons (Fsp3) is 0.214. The van der Waals surface area contributed by atoms with Gasteiger partial charge in [-0.2, -0.15) is 0 Å². The first-order valence-electron chi connectivity index (χ1n) is 5.83. The van der Waals surface area contributed by atoms with Gasteiger partial charge in [0.15, 0.2) is 0 Å².